The van der Waals surface area contributed by atoms with E-state index in [0.717, 1.165) is 10.2 Å². The van der Waals surface area contributed by atoms with Gasteiger partial charge in [0.05, 0.1) is 18.0 Å². The van der Waals surface area contributed by atoms with Gasteiger partial charge in [-0.25, -0.2) is 4.79 Å². The fraction of sp³-hybridized carbons (Fsp3) is 0.231. The number of halogens is 1. The van der Waals surface area contributed by atoms with E-state index in [1.165, 1.54) is 11.5 Å². The summed E-state index contributed by atoms with van der Waals surface area (Å²) in [7, 11) is 0. The molecule has 0 radical (unpaired) electrons. The number of nitrogens with one attached hydrogen (secondary N) is 1. The Morgan fingerprint density at radius 2 is 2.21 bits per heavy atom. The number of carbonyl (C=O) groups excluding carboxylic acids is 1. The third-order valence-electron chi connectivity index (χ3n) is 2.46. The highest BCUT2D eigenvalue weighted by molar-refractivity contribution is 9.10. The number of aromatic nitrogens is 1. The number of ether oxygens (including phenoxy) is 1. The van der Waals surface area contributed by atoms with E-state index in [1.54, 1.807) is 13.8 Å². The van der Waals surface area contributed by atoms with Gasteiger partial charge >= 0.3 is 5.97 Å². The van der Waals surface area contributed by atoms with Gasteiger partial charge < -0.3 is 10.1 Å². The molecule has 19 heavy (non-hydrogen) atoms. The molecular weight excluding hydrogens is 328 g/mol. The van der Waals surface area contributed by atoms with Crippen molar-refractivity contribution in [3.63, 3.8) is 0 Å². The van der Waals surface area contributed by atoms with Crippen LogP contribution in [-0.4, -0.2) is 16.9 Å². The molecule has 2 aromatic rings. The predicted molar refractivity (Wildman–Crippen MR) is 80.2 cm³/mol. The first-order valence-electron chi connectivity index (χ1n) is 5.78. The highest BCUT2D eigenvalue weighted by Gasteiger charge is 2.20. The average molecular weight is 341 g/mol. The van der Waals surface area contributed by atoms with Crippen LogP contribution in [0.15, 0.2) is 28.7 Å². The van der Waals surface area contributed by atoms with Crippen molar-refractivity contribution in [3.05, 3.63) is 40.0 Å². The van der Waals surface area contributed by atoms with Gasteiger partial charge in [-0.2, -0.15) is 4.37 Å². The molecule has 1 N–H and O–H groups in total. The third-order valence-corrected chi connectivity index (χ3v) is 4.01. The number of hydrogen-bond acceptors (Lipinski definition) is 5. The predicted octanol–water partition coefficient (Wildman–Crippen LogP) is 4.13. The quantitative estimate of drug-likeness (QED) is 0.850. The van der Waals surface area contributed by atoms with Crippen LogP contribution in [-0.2, 0) is 4.74 Å². The molecule has 1 aromatic carbocycles. The summed E-state index contributed by atoms with van der Waals surface area (Å²) in [5.41, 5.74) is 2.07. The van der Waals surface area contributed by atoms with E-state index < -0.39 is 0 Å². The summed E-state index contributed by atoms with van der Waals surface area (Å²) in [4.78, 5) is 11.9. The van der Waals surface area contributed by atoms with Crippen LogP contribution in [0.25, 0.3) is 0 Å². The summed E-state index contributed by atoms with van der Waals surface area (Å²) >= 11 is 4.71. The lowest BCUT2D eigenvalue weighted by atomic mass is 10.2. The molecule has 0 bridgehead atoms. The van der Waals surface area contributed by atoms with Crippen molar-refractivity contribution in [2.24, 2.45) is 0 Å². The van der Waals surface area contributed by atoms with E-state index >= 15 is 0 Å². The Kier molecular flexibility index (Phi) is 4.55. The second-order valence-electron chi connectivity index (χ2n) is 3.80. The Morgan fingerprint density at radius 1 is 1.47 bits per heavy atom. The highest BCUT2D eigenvalue weighted by Crippen LogP contribution is 2.31. The summed E-state index contributed by atoms with van der Waals surface area (Å²) in [6, 6.07) is 7.71. The monoisotopic (exact) mass is 340 g/mol. The largest absolute Gasteiger partial charge is 0.462 e. The lowest BCUT2D eigenvalue weighted by Gasteiger charge is -2.08. The minimum Gasteiger partial charge on any atom is -0.462 e. The molecule has 0 aliphatic rings. The zero-order valence-electron chi connectivity index (χ0n) is 10.6. The first-order valence-corrected chi connectivity index (χ1v) is 7.35. The number of rotatable bonds is 4. The summed E-state index contributed by atoms with van der Waals surface area (Å²) in [6.07, 6.45) is 0. The van der Waals surface area contributed by atoms with Gasteiger partial charge in [0.2, 0.25) is 0 Å². The van der Waals surface area contributed by atoms with Gasteiger partial charge in [0, 0.05) is 4.47 Å². The highest BCUT2D eigenvalue weighted by atomic mass is 79.9. The molecule has 0 aliphatic heterocycles. The first-order chi connectivity index (χ1) is 9.13. The smallest absolute Gasteiger partial charge is 0.343 e. The lowest BCUT2D eigenvalue weighted by Crippen LogP contribution is -2.07. The molecule has 0 fully saturated rings. The van der Waals surface area contributed by atoms with Crippen LogP contribution < -0.4 is 5.32 Å². The number of anilines is 2. The zero-order chi connectivity index (χ0) is 13.8. The third kappa shape index (κ3) is 3.13. The Balaban J connectivity index is 2.31. The van der Waals surface area contributed by atoms with Crippen LogP contribution in [0.5, 0.6) is 0 Å². The Labute approximate surface area is 124 Å². The summed E-state index contributed by atoms with van der Waals surface area (Å²) < 4.78 is 10.2. The van der Waals surface area contributed by atoms with Crippen LogP contribution in [0, 0.1) is 6.92 Å². The standard InChI is InChI=1S/C13H13BrN2O2S/c1-3-18-13(17)11-8(2)16-19-12(11)15-10-7-5-4-6-9(10)14/h4-7,15H,3H2,1-2H3. The number of esters is 1. The van der Waals surface area contributed by atoms with Crippen molar-refractivity contribution >= 4 is 44.1 Å². The maximum atomic E-state index is 11.9. The number of benzene rings is 1. The summed E-state index contributed by atoms with van der Waals surface area (Å²) in [5, 5.41) is 3.91. The first kappa shape index (κ1) is 14.0. The number of hydrogen-bond donors (Lipinski definition) is 1. The SMILES string of the molecule is CCOC(=O)c1c(C)nsc1Nc1ccccc1Br. The van der Waals surface area contributed by atoms with Gasteiger partial charge in [0.25, 0.3) is 0 Å². The molecule has 0 unspecified atom stereocenters. The van der Waals surface area contributed by atoms with Gasteiger partial charge in [-0.05, 0) is 53.4 Å². The van der Waals surface area contributed by atoms with Crippen molar-refractivity contribution < 1.29 is 9.53 Å². The molecule has 1 heterocycles. The zero-order valence-corrected chi connectivity index (χ0v) is 13.0. The van der Waals surface area contributed by atoms with E-state index in [-0.39, 0.29) is 5.97 Å². The molecule has 4 nitrogen and oxygen atoms in total. The van der Waals surface area contributed by atoms with Crippen LogP contribution in [0.4, 0.5) is 10.7 Å². The van der Waals surface area contributed by atoms with Crippen molar-refractivity contribution in [1.29, 1.82) is 0 Å². The van der Waals surface area contributed by atoms with Crippen molar-refractivity contribution in [2.75, 3.05) is 11.9 Å². The number of carbonyl (C=O) groups is 1. The Hall–Kier alpha value is -1.40. The molecule has 0 saturated heterocycles. The van der Waals surface area contributed by atoms with E-state index in [1.807, 2.05) is 24.3 Å². The number of aryl methyl sites for hydroxylation is 1. The van der Waals surface area contributed by atoms with Gasteiger partial charge in [0.1, 0.15) is 10.6 Å². The maximum Gasteiger partial charge on any atom is 0.343 e. The van der Waals surface area contributed by atoms with Crippen molar-refractivity contribution in [1.82, 2.24) is 4.37 Å². The normalized spacial score (nSPS) is 10.3. The average Bonchev–Trinajstić information content (AvgIpc) is 2.74. The number of para-hydroxylation sites is 1. The number of nitrogens with zero attached hydrogens (tertiary/aromatic N) is 1. The minimum atomic E-state index is -0.344. The van der Waals surface area contributed by atoms with Crippen molar-refractivity contribution in [2.45, 2.75) is 13.8 Å². The molecule has 0 saturated carbocycles. The van der Waals surface area contributed by atoms with E-state index in [9.17, 15) is 4.79 Å². The molecule has 0 spiro atoms. The molecule has 0 atom stereocenters. The van der Waals surface area contributed by atoms with Crippen molar-refractivity contribution in [3.8, 4) is 0 Å². The summed E-state index contributed by atoms with van der Waals surface area (Å²) in [6.45, 7) is 3.93. The maximum absolute atomic E-state index is 11.9. The van der Waals surface area contributed by atoms with Crippen LogP contribution in [0.2, 0.25) is 0 Å². The molecule has 0 amide bonds. The van der Waals surface area contributed by atoms with E-state index in [0.29, 0.717) is 22.9 Å². The fourth-order valence-corrected chi connectivity index (χ4v) is 2.76. The van der Waals surface area contributed by atoms with Crippen LogP contribution >= 0.6 is 27.5 Å². The van der Waals surface area contributed by atoms with Crippen LogP contribution in [0.3, 0.4) is 0 Å². The van der Waals surface area contributed by atoms with Crippen LogP contribution in [0.1, 0.15) is 23.0 Å². The van der Waals surface area contributed by atoms with E-state index in [4.69, 9.17) is 4.74 Å². The minimum absolute atomic E-state index is 0.344. The van der Waals surface area contributed by atoms with Gasteiger partial charge in [0.15, 0.2) is 0 Å². The van der Waals surface area contributed by atoms with E-state index in [2.05, 4.69) is 25.6 Å². The molecule has 6 heteroatoms. The van der Waals surface area contributed by atoms with Gasteiger partial charge in [-0.3, -0.25) is 0 Å². The fourth-order valence-electron chi connectivity index (χ4n) is 1.58. The Bertz CT molecular complexity index is 598. The summed E-state index contributed by atoms with van der Waals surface area (Å²) in [5.74, 6) is -0.344. The molecule has 100 valence electrons. The molecular formula is C13H13BrN2O2S. The lowest BCUT2D eigenvalue weighted by molar-refractivity contribution is 0.0527. The Morgan fingerprint density at radius 3 is 2.89 bits per heavy atom. The second-order valence-corrected chi connectivity index (χ2v) is 5.43. The molecule has 0 aliphatic carbocycles. The topological polar surface area (TPSA) is 51.2 Å². The molecule has 2 rings (SSSR count). The van der Waals surface area contributed by atoms with Gasteiger partial charge in [-0.1, -0.05) is 12.1 Å². The molecule has 1 aromatic heterocycles. The second kappa shape index (κ2) is 6.16. The van der Waals surface area contributed by atoms with Gasteiger partial charge in [-0.15, -0.1) is 0 Å².